The Morgan fingerprint density at radius 1 is 1.71 bits per heavy atom. The number of thiocarbonyl (C=S) groups is 1. The first-order valence-corrected chi connectivity index (χ1v) is 2.40. The van der Waals surface area contributed by atoms with Crippen LogP contribution >= 0.6 is 12.2 Å². The van der Waals surface area contributed by atoms with Crippen LogP contribution in [0.25, 0.3) is 0 Å². The van der Waals surface area contributed by atoms with Crippen LogP contribution in [-0.4, -0.2) is 11.4 Å². The number of rotatable bonds is 1. The van der Waals surface area contributed by atoms with Crippen LogP contribution < -0.4 is 0 Å². The van der Waals surface area contributed by atoms with Crippen LogP contribution in [0.3, 0.4) is 0 Å². The molecule has 0 aromatic carbocycles. The standard InChI is InChI=1S/C4H7FOS/c1-3(2)6-4(5)7/h3H,1-2H3. The van der Waals surface area contributed by atoms with E-state index in [1.807, 2.05) is 0 Å². The highest BCUT2D eigenvalue weighted by Crippen LogP contribution is 1.90. The fourth-order valence-corrected chi connectivity index (χ4v) is 0.378. The van der Waals surface area contributed by atoms with Gasteiger partial charge in [0.2, 0.25) is 0 Å². The quantitative estimate of drug-likeness (QED) is 0.386. The van der Waals surface area contributed by atoms with Crippen molar-refractivity contribution in [3.63, 3.8) is 0 Å². The topological polar surface area (TPSA) is 9.23 Å². The Morgan fingerprint density at radius 2 is 2.14 bits per heavy atom. The molecule has 0 amide bonds. The van der Waals surface area contributed by atoms with Gasteiger partial charge in [0.1, 0.15) is 0 Å². The summed E-state index contributed by atoms with van der Waals surface area (Å²) >= 11 is 3.98. The summed E-state index contributed by atoms with van der Waals surface area (Å²) < 4.78 is 15.8. The molecule has 0 saturated carbocycles. The van der Waals surface area contributed by atoms with Gasteiger partial charge in [-0.05, 0) is 26.1 Å². The van der Waals surface area contributed by atoms with Gasteiger partial charge in [-0.3, -0.25) is 0 Å². The highest BCUT2D eigenvalue weighted by molar-refractivity contribution is 7.79. The molecule has 0 bridgehead atoms. The van der Waals surface area contributed by atoms with Crippen LogP contribution in [0.15, 0.2) is 0 Å². The van der Waals surface area contributed by atoms with E-state index < -0.39 is 5.30 Å². The summed E-state index contributed by atoms with van der Waals surface area (Å²) in [5, 5.41) is -0.880. The fraction of sp³-hybridized carbons (Fsp3) is 0.750. The summed E-state index contributed by atoms with van der Waals surface area (Å²) in [5.41, 5.74) is 0. The van der Waals surface area contributed by atoms with Gasteiger partial charge in [-0.2, -0.15) is 4.39 Å². The lowest BCUT2D eigenvalue weighted by Crippen LogP contribution is -2.03. The summed E-state index contributed by atoms with van der Waals surface area (Å²) in [4.78, 5) is 0. The minimum atomic E-state index is -0.880. The molecule has 0 aliphatic heterocycles. The van der Waals surface area contributed by atoms with Gasteiger partial charge >= 0.3 is 5.30 Å². The second-order valence-electron chi connectivity index (χ2n) is 1.40. The number of ether oxygens (including phenoxy) is 1. The zero-order chi connectivity index (χ0) is 5.86. The molecular weight excluding hydrogens is 115 g/mol. The summed E-state index contributed by atoms with van der Waals surface area (Å²) in [6.07, 6.45) is -0.141. The molecule has 0 aromatic rings. The van der Waals surface area contributed by atoms with Crippen LogP contribution in [0, 0.1) is 0 Å². The Labute approximate surface area is 47.5 Å². The molecule has 0 radical (unpaired) electrons. The molecule has 0 aliphatic rings. The summed E-state index contributed by atoms with van der Waals surface area (Å²) in [5.74, 6) is 0. The predicted molar refractivity (Wildman–Crippen MR) is 29.9 cm³/mol. The van der Waals surface area contributed by atoms with Crippen LogP contribution in [0.5, 0.6) is 0 Å². The third-order valence-electron chi connectivity index (χ3n) is 0.328. The lowest BCUT2D eigenvalue weighted by atomic mass is 10.5. The minimum Gasteiger partial charge on any atom is -0.460 e. The number of hydrogen-bond donors (Lipinski definition) is 0. The normalized spacial score (nSPS) is 9.14. The molecule has 3 heteroatoms. The van der Waals surface area contributed by atoms with Gasteiger partial charge in [-0.25, -0.2) is 0 Å². The van der Waals surface area contributed by atoms with E-state index in [2.05, 4.69) is 17.0 Å². The second kappa shape index (κ2) is 2.91. The van der Waals surface area contributed by atoms with Crippen molar-refractivity contribution in [1.82, 2.24) is 0 Å². The molecule has 0 aromatic heterocycles. The van der Waals surface area contributed by atoms with Gasteiger partial charge in [0.05, 0.1) is 6.10 Å². The Morgan fingerprint density at radius 3 is 2.14 bits per heavy atom. The Hall–Kier alpha value is -0.180. The monoisotopic (exact) mass is 122 g/mol. The molecule has 0 spiro atoms. The number of halogens is 1. The average Bonchev–Trinajstić information content (AvgIpc) is 1.27. The first-order valence-electron chi connectivity index (χ1n) is 1.99. The first kappa shape index (κ1) is 6.82. The summed E-state index contributed by atoms with van der Waals surface area (Å²) in [7, 11) is 0. The SMILES string of the molecule is CC(C)OC(F)=S. The third kappa shape index (κ3) is 5.82. The Balaban J connectivity index is 3.13. The van der Waals surface area contributed by atoms with Gasteiger partial charge in [0, 0.05) is 0 Å². The van der Waals surface area contributed by atoms with Crippen LogP contribution in [0.2, 0.25) is 0 Å². The van der Waals surface area contributed by atoms with Crippen molar-refractivity contribution in [1.29, 1.82) is 0 Å². The predicted octanol–water partition coefficient (Wildman–Crippen LogP) is 1.67. The molecule has 0 aliphatic carbocycles. The molecule has 0 saturated heterocycles. The summed E-state index contributed by atoms with van der Waals surface area (Å²) in [6, 6.07) is 0. The molecule has 0 fully saturated rings. The maximum absolute atomic E-state index is 11.5. The molecule has 0 N–H and O–H groups in total. The van der Waals surface area contributed by atoms with Crippen molar-refractivity contribution in [2.24, 2.45) is 0 Å². The largest absolute Gasteiger partial charge is 0.460 e. The van der Waals surface area contributed by atoms with E-state index in [0.717, 1.165) is 0 Å². The lowest BCUT2D eigenvalue weighted by Gasteiger charge is -2.01. The minimum absolute atomic E-state index is 0.141. The van der Waals surface area contributed by atoms with Crippen molar-refractivity contribution < 1.29 is 9.13 Å². The van der Waals surface area contributed by atoms with Gasteiger partial charge in [0.25, 0.3) is 0 Å². The maximum atomic E-state index is 11.5. The highest BCUT2D eigenvalue weighted by Gasteiger charge is 1.94. The summed E-state index contributed by atoms with van der Waals surface area (Å²) in [6.45, 7) is 3.43. The van der Waals surface area contributed by atoms with E-state index in [1.165, 1.54) is 0 Å². The van der Waals surface area contributed by atoms with E-state index in [4.69, 9.17) is 0 Å². The Bertz CT molecular complexity index is 72.1. The van der Waals surface area contributed by atoms with Gasteiger partial charge in [-0.1, -0.05) is 0 Å². The molecule has 7 heavy (non-hydrogen) atoms. The molecule has 0 atom stereocenters. The molecule has 0 rings (SSSR count). The van der Waals surface area contributed by atoms with Crippen molar-refractivity contribution in [3.8, 4) is 0 Å². The molecular formula is C4H7FOS. The van der Waals surface area contributed by atoms with E-state index >= 15 is 0 Å². The van der Waals surface area contributed by atoms with Gasteiger partial charge < -0.3 is 4.74 Å². The average molecular weight is 122 g/mol. The van der Waals surface area contributed by atoms with Crippen molar-refractivity contribution >= 4 is 17.5 Å². The molecule has 42 valence electrons. The van der Waals surface area contributed by atoms with E-state index in [0.29, 0.717) is 0 Å². The smallest absolute Gasteiger partial charge is 0.342 e. The third-order valence-corrected chi connectivity index (χ3v) is 0.425. The Kier molecular flexibility index (Phi) is 2.83. The van der Waals surface area contributed by atoms with E-state index in [9.17, 15) is 4.39 Å². The van der Waals surface area contributed by atoms with E-state index in [1.54, 1.807) is 13.8 Å². The van der Waals surface area contributed by atoms with E-state index in [-0.39, 0.29) is 6.10 Å². The zero-order valence-corrected chi connectivity index (χ0v) is 5.09. The van der Waals surface area contributed by atoms with Gasteiger partial charge in [0.15, 0.2) is 0 Å². The lowest BCUT2D eigenvalue weighted by molar-refractivity contribution is 0.206. The van der Waals surface area contributed by atoms with Crippen molar-refractivity contribution in [3.05, 3.63) is 0 Å². The molecule has 0 heterocycles. The first-order chi connectivity index (χ1) is 3.13. The van der Waals surface area contributed by atoms with Crippen LogP contribution in [0.4, 0.5) is 4.39 Å². The van der Waals surface area contributed by atoms with Crippen LogP contribution in [0.1, 0.15) is 13.8 Å². The van der Waals surface area contributed by atoms with Crippen molar-refractivity contribution in [2.45, 2.75) is 20.0 Å². The highest BCUT2D eigenvalue weighted by atomic mass is 32.1. The van der Waals surface area contributed by atoms with Crippen molar-refractivity contribution in [2.75, 3.05) is 0 Å². The van der Waals surface area contributed by atoms with Crippen LogP contribution in [-0.2, 0) is 4.74 Å². The molecule has 1 nitrogen and oxygen atoms in total. The second-order valence-corrected chi connectivity index (χ2v) is 1.73. The fourth-order valence-electron chi connectivity index (χ4n) is 0.185. The maximum Gasteiger partial charge on any atom is 0.342 e. The molecule has 0 unspecified atom stereocenters. The number of hydrogen-bond acceptors (Lipinski definition) is 2. The van der Waals surface area contributed by atoms with Gasteiger partial charge in [-0.15, -0.1) is 0 Å². The zero-order valence-electron chi connectivity index (χ0n) is 4.27.